The molecule has 0 atom stereocenters. The highest BCUT2D eigenvalue weighted by Crippen LogP contribution is 2.43. The average molecular weight is 316 g/mol. The number of benzene rings is 1. The minimum absolute atomic E-state index is 0.455. The zero-order valence-corrected chi connectivity index (χ0v) is 9.26. The second-order valence-electron chi connectivity index (χ2n) is 2.62. The third-order valence-electron chi connectivity index (χ3n) is 1.51. The Hall–Kier alpha value is -1.60. The molecule has 9 heteroatoms. The molecule has 1 aromatic carbocycles. The van der Waals surface area contributed by atoms with E-state index in [0.29, 0.717) is 0 Å². The SMILES string of the molecule is O=C=Nc1cc(Br)c(F)c(OC(F)(F)F)c1O. The molecule has 0 radical (unpaired) electrons. The predicted octanol–water partition coefficient (Wildman–Crippen LogP) is 3.16. The van der Waals surface area contributed by atoms with Crippen LogP contribution in [0.2, 0.25) is 0 Å². The van der Waals surface area contributed by atoms with E-state index in [2.05, 4.69) is 25.7 Å². The topological polar surface area (TPSA) is 58.9 Å². The monoisotopic (exact) mass is 315 g/mol. The van der Waals surface area contributed by atoms with Crippen LogP contribution in [0.4, 0.5) is 23.2 Å². The van der Waals surface area contributed by atoms with Gasteiger partial charge in [-0.2, -0.15) is 4.99 Å². The van der Waals surface area contributed by atoms with Gasteiger partial charge in [0.05, 0.1) is 4.47 Å². The molecule has 17 heavy (non-hydrogen) atoms. The van der Waals surface area contributed by atoms with Gasteiger partial charge in [0.2, 0.25) is 11.8 Å². The molecule has 0 aliphatic rings. The molecule has 0 spiro atoms. The second kappa shape index (κ2) is 4.72. The Balaban J connectivity index is 3.41. The summed E-state index contributed by atoms with van der Waals surface area (Å²) in [6.07, 6.45) is -4.20. The molecule has 1 N–H and O–H groups in total. The number of phenols is 1. The molecule has 0 aliphatic heterocycles. The summed E-state index contributed by atoms with van der Waals surface area (Å²) in [7, 11) is 0. The maximum absolute atomic E-state index is 13.2. The molecule has 4 nitrogen and oxygen atoms in total. The van der Waals surface area contributed by atoms with Crippen molar-refractivity contribution in [2.75, 3.05) is 0 Å². The number of carbonyl (C=O) groups excluding carboxylic acids is 1. The van der Waals surface area contributed by atoms with Crippen LogP contribution in [0.5, 0.6) is 11.5 Å². The summed E-state index contributed by atoms with van der Waals surface area (Å²) in [4.78, 5) is 12.8. The standard InChI is InChI=1S/C8H2BrF4NO3/c9-3-1-4(14-2-15)6(16)7(5(3)10)17-8(11,12)13/h1,16H. The maximum atomic E-state index is 13.2. The Morgan fingerprint density at radius 3 is 2.53 bits per heavy atom. The van der Waals surface area contributed by atoms with Crippen LogP contribution in [0.3, 0.4) is 0 Å². The summed E-state index contributed by atoms with van der Waals surface area (Å²) in [5.41, 5.74) is -0.604. The molecule has 92 valence electrons. The first-order valence-electron chi connectivity index (χ1n) is 3.81. The Morgan fingerprint density at radius 2 is 2.06 bits per heavy atom. The van der Waals surface area contributed by atoms with Crippen molar-refractivity contribution < 1.29 is 32.2 Å². The Kier molecular flexibility index (Phi) is 3.74. The van der Waals surface area contributed by atoms with E-state index in [1.54, 1.807) is 0 Å². The van der Waals surface area contributed by atoms with E-state index >= 15 is 0 Å². The highest BCUT2D eigenvalue weighted by Gasteiger charge is 2.35. The van der Waals surface area contributed by atoms with E-state index in [9.17, 15) is 27.5 Å². The first-order valence-corrected chi connectivity index (χ1v) is 4.60. The molecule has 0 bridgehead atoms. The number of aliphatic imine (C=N–C) groups is 1. The molecule has 0 fully saturated rings. The molecule has 0 amide bonds. The van der Waals surface area contributed by atoms with Gasteiger partial charge >= 0.3 is 6.36 Å². The van der Waals surface area contributed by atoms with Crippen molar-refractivity contribution >= 4 is 27.7 Å². The summed E-state index contributed by atoms with van der Waals surface area (Å²) in [6, 6.07) is 0.804. The smallest absolute Gasteiger partial charge is 0.503 e. The minimum Gasteiger partial charge on any atom is -0.503 e. The summed E-state index contributed by atoms with van der Waals surface area (Å²) in [6.45, 7) is 0. The van der Waals surface area contributed by atoms with Crippen LogP contribution in [-0.2, 0) is 4.79 Å². The lowest BCUT2D eigenvalue weighted by atomic mass is 10.2. The van der Waals surface area contributed by atoms with Crippen LogP contribution in [-0.4, -0.2) is 17.5 Å². The van der Waals surface area contributed by atoms with E-state index in [-0.39, 0.29) is 0 Å². The van der Waals surface area contributed by atoms with Gasteiger partial charge in [-0.05, 0) is 22.0 Å². The van der Waals surface area contributed by atoms with Crippen molar-refractivity contribution in [1.82, 2.24) is 0 Å². The molecule has 0 heterocycles. The molecule has 0 saturated carbocycles. The third kappa shape index (κ3) is 3.18. The number of alkyl halides is 3. The number of nitrogens with zero attached hydrogens (tertiary/aromatic N) is 1. The largest absolute Gasteiger partial charge is 0.573 e. The van der Waals surface area contributed by atoms with Crippen molar-refractivity contribution in [1.29, 1.82) is 0 Å². The van der Waals surface area contributed by atoms with Gasteiger partial charge in [-0.25, -0.2) is 9.18 Å². The normalized spacial score (nSPS) is 10.9. The number of aromatic hydroxyl groups is 1. The van der Waals surface area contributed by atoms with Crippen LogP contribution in [0.15, 0.2) is 15.5 Å². The van der Waals surface area contributed by atoms with Gasteiger partial charge in [0.1, 0.15) is 5.69 Å². The van der Waals surface area contributed by atoms with E-state index in [4.69, 9.17) is 0 Å². The lowest BCUT2D eigenvalue weighted by Gasteiger charge is -2.12. The number of phenolic OH excluding ortho intramolecular Hbond substituents is 1. The van der Waals surface area contributed by atoms with Crippen LogP contribution >= 0.6 is 15.9 Å². The maximum Gasteiger partial charge on any atom is 0.573 e. The number of halogens is 5. The highest BCUT2D eigenvalue weighted by molar-refractivity contribution is 9.10. The number of hydrogen-bond donors (Lipinski definition) is 1. The Labute approximate surface area is 99.7 Å². The molecule has 0 saturated heterocycles. The van der Waals surface area contributed by atoms with Gasteiger partial charge < -0.3 is 9.84 Å². The first-order chi connectivity index (χ1) is 7.76. The quantitative estimate of drug-likeness (QED) is 0.518. The van der Waals surface area contributed by atoms with Crippen LogP contribution in [0, 0.1) is 5.82 Å². The Bertz CT molecular complexity index is 497. The van der Waals surface area contributed by atoms with E-state index in [0.717, 1.165) is 12.1 Å². The number of isocyanates is 1. The van der Waals surface area contributed by atoms with Gasteiger partial charge in [0.25, 0.3) is 0 Å². The number of rotatable bonds is 2. The molecular formula is C8H2BrF4NO3. The van der Waals surface area contributed by atoms with Gasteiger partial charge in [0.15, 0.2) is 11.6 Å². The third-order valence-corrected chi connectivity index (χ3v) is 2.09. The Morgan fingerprint density at radius 1 is 1.47 bits per heavy atom. The van der Waals surface area contributed by atoms with Crippen molar-refractivity contribution in [2.45, 2.75) is 6.36 Å². The number of hydrogen-bond acceptors (Lipinski definition) is 4. The van der Waals surface area contributed by atoms with Crippen molar-refractivity contribution in [3.63, 3.8) is 0 Å². The summed E-state index contributed by atoms with van der Waals surface area (Å²) in [5, 5.41) is 9.23. The average Bonchev–Trinajstić information content (AvgIpc) is 2.20. The molecule has 1 aromatic rings. The van der Waals surface area contributed by atoms with Gasteiger partial charge in [-0.1, -0.05) is 0 Å². The zero-order chi connectivity index (χ0) is 13.2. The molecular weight excluding hydrogens is 314 g/mol. The summed E-state index contributed by atoms with van der Waals surface area (Å²) < 4.78 is 51.9. The van der Waals surface area contributed by atoms with Crippen molar-refractivity contribution in [2.24, 2.45) is 4.99 Å². The molecule has 0 unspecified atom stereocenters. The highest BCUT2D eigenvalue weighted by atomic mass is 79.9. The van der Waals surface area contributed by atoms with E-state index in [1.807, 2.05) is 0 Å². The number of ether oxygens (including phenoxy) is 1. The zero-order valence-electron chi connectivity index (χ0n) is 7.68. The van der Waals surface area contributed by atoms with Gasteiger partial charge in [0, 0.05) is 0 Å². The predicted molar refractivity (Wildman–Crippen MR) is 50.2 cm³/mol. The van der Waals surface area contributed by atoms with Crippen LogP contribution in [0.25, 0.3) is 0 Å². The molecule has 0 aromatic heterocycles. The molecule has 1 rings (SSSR count). The van der Waals surface area contributed by atoms with Gasteiger partial charge in [-0.15, -0.1) is 13.2 Å². The van der Waals surface area contributed by atoms with Gasteiger partial charge in [-0.3, -0.25) is 0 Å². The minimum atomic E-state index is -5.19. The van der Waals surface area contributed by atoms with Crippen molar-refractivity contribution in [3.8, 4) is 11.5 Å². The van der Waals surface area contributed by atoms with E-state index < -0.39 is 33.8 Å². The fourth-order valence-electron chi connectivity index (χ4n) is 0.924. The first kappa shape index (κ1) is 13.5. The summed E-state index contributed by atoms with van der Waals surface area (Å²) in [5.74, 6) is -4.18. The lowest BCUT2D eigenvalue weighted by Crippen LogP contribution is -2.18. The summed E-state index contributed by atoms with van der Waals surface area (Å²) >= 11 is 2.59. The molecule has 0 aliphatic carbocycles. The van der Waals surface area contributed by atoms with E-state index in [1.165, 1.54) is 0 Å². The van der Waals surface area contributed by atoms with Crippen molar-refractivity contribution in [3.05, 3.63) is 16.4 Å². The lowest BCUT2D eigenvalue weighted by molar-refractivity contribution is -0.276. The van der Waals surface area contributed by atoms with Crippen LogP contribution < -0.4 is 4.74 Å². The van der Waals surface area contributed by atoms with Crippen LogP contribution in [0.1, 0.15) is 0 Å². The fraction of sp³-hybridized carbons (Fsp3) is 0.125. The fourth-order valence-corrected chi connectivity index (χ4v) is 1.32. The second-order valence-corrected chi connectivity index (χ2v) is 3.47.